The zero-order chi connectivity index (χ0) is 14.7. The average Bonchev–Trinajstić information content (AvgIpc) is 2.46. The van der Waals surface area contributed by atoms with Crippen LogP contribution in [0, 0.1) is 0 Å². The van der Waals surface area contributed by atoms with E-state index in [1.54, 1.807) is 0 Å². The highest BCUT2D eigenvalue weighted by Crippen LogP contribution is 2.22. The molecule has 0 atom stereocenters. The summed E-state index contributed by atoms with van der Waals surface area (Å²) in [5, 5.41) is 9.00. The van der Waals surface area contributed by atoms with Gasteiger partial charge in [0.15, 0.2) is 0 Å². The fourth-order valence-corrected chi connectivity index (χ4v) is 2.18. The molecule has 104 valence electrons. The van der Waals surface area contributed by atoms with Crippen LogP contribution in [0.5, 0.6) is 0 Å². The maximum Gasteiger partial charge on any atom is 0.341 e. The second-order valence-corrected chi connectivity index (χ2v) is 4.62. The fourth-order valence-electron chi connectivity index (χ4n) is 2.18. The van der Waals surface area contributed by atoms with E-state index in [1.165, 1.54) is 11.6 Å². The minimum absolute atomic E-state index is 0.212. The van der Waals surface area contributed by atoms with Crippen LogP contribution in [-0.4, -0.2) is 16.1 Å². The van der Waals surface area contributed by atoms with E-state index < -0.39 is 11.5 Å². The predicted molar refractivity (Wildman–Crippen MR) is 78.2 cm³/mol. The molecule has 0 aliphatic heterocycles. The van der Waals surface area contributed by atoms with Crippen LogP contribution in [0.3, 0.4) is 0 Å². The predicted octanol–water partition coefficient (Wildman–Crippen LogP) is 2.86. The molecule has 1 aromatic carbocycles. The van der Waals surface area contributed by atoms with Crippen molar-refractivity contribution in [3.63, 3.8) is 0 Å². The molecule has 0 bridgehead atoms. The number of carbonyl (C=O) groups is 1. The minimum atomic E-state index is -1.20. The normalized spacial score (nSPS) is 10.5. The Hall–Kier alpha value is -2.36. The van der Waals surface area contributed by atoms with Gasteiger partial charge >= 0.3 is 5.97 Å². The lowest BCUT2D eigenvalue weighted by Crippen LogP contribution is -2.19. The Morgan fingerprint density at radius 2 is 1.80 bits per heavy atom. The summed E-state index contributed by atoms with van der Waals surface area (Å²) in [5.41, 5.74) is 2.86. The first-order valence-electron chi connectivity index (χ1n) is 6.65. The van der Waals surface area contributed by atoms with Gasteiger partial charge < -0.3 is 10.1 Å². The molecule has 1 heterocycles. The maximum atomic E-state index is 11.8. The number of hydrogen-bond donors (Lipinski definition) is 2. The number of H-pyrrole nitrogens is 1. The van der Waals surface area contributed by atoms with Crippen molar-refractivity contribution in [3.8, 4) is 11.3 Å². The number of aryl methyl sites for hydroxylation is 2. The molecule has 20 heavy (non-hydrogen) atoms. The number of aromatic nitrogens is 1. The van der Waals surface area contributed by atoms with Crippen LogP contribution >= 0.6 is 0 Å². The summed E-state index contributed by atoms with van der Waals surface area (Å²) in [7, 11) is 0. The summed E-state index contributed by atoms with van der Waals surface area (Å²) in [6.07, 6.45) is 1.61. The monoisotopic (exact) mass is 271 g/mol. The zero-order valence-corrected chi connectivity index (χ0v) is 11.6. The number of aromatic amines is 1. The minimum Gasteiger partial charge on any atom is -0.477 e. The second-order valence-electron chi connectivity index (χ2n) is 4.62. The number of carboxylic acids is 1. The van der Waals surface area contributed by atoms with Crippen LogP contribution in [-0.2, 0) is 12.8 Å². The van der Waals surface area contributed by atoms with Crippen LogP contribution in [0.25, 0.3) is 11.3 Å². The topological polar surface area (TPSA) is 70.2 Å². The van der Waals surface area contributed by atoms with Crippen molar-refractivity contribution in [2.24, 2.45) is 0 Å². The molecule has 0 fully saturated rings. The Balaban J connectivity index is 2.58. The smallest absolute Gasteiger partial charge is 0.341 e. The van der Waals surface area contributed by atoms with E-state index in [-0.39, 0.29) is 5.56 Å². The summed E-state index contributed by atoms with van der Waals surface area (Å²) in [4.78, 5) is 25.5. The van der Waals surface area contributed by atoms with Crippen LogP contribution in [0.15, 0.2) is 35.1 Å². The van der Waals surface area contributed by atoms with Gasteiger partial charge in [-0.05, 0) is 35.6 Å². The van der Waals surface area contributed by atoms with Crippen molar-refractivity contribution in [1.29, 1.82) is 0 Å². The van der Waals surface area contributed by atoms with Crippen molar-refractivity contribution in [3.05, 3.63) is 57.4 Å². The first-order chi connectivity index (χ1) is 9.56. The summed E-state index contributed by atoms with van der Waals surface area (Å²) < 4.78 is 0. The summed E-state index contributed by atoms with van der Waals surface area (Å²) in [6.45, 7) is 4.01. The van der Waals surface area contributed by atoms with Crippen molar-refractivity contribution in [2.45, 2.75) is 26.7 Å². The van der Waals surface area contributed by atoms with E-state index >= 15 is 0 Å². The number of pyridine rings is 1. The Bertz CT molecular complexity index is 684. The Kier molecular flexibility index (Phi) is 4.03. The molecule has 0 spiro atoms. The molecule has 2 N–H and O–H groups in total. The van der Waals surface area contributed by atoms with Gasteiger partial charge in [0.25, 0.3) is 5.56 Å². The molecule has 4 nitrogen and oxygen atoms in total. The molecular formula is C16H17NO3. The van der Waals surface area contributed by atoms with E-state index in [0.717, 1.165) is 17.5 Å². The molecule has 0 aliphatic carbocycles. The van der Waals surface area contributed by atoms with Crippen molar-refractivity contribution in [2.75, 3.05) is 0 Å². The Morgan fingerprint density at radius 3 is 2.30 bits per heavy atom. The standard InChI is InChI=1S/C16H17NO3/c1-3-10-5-7-12(8-6-10)14-11(4-2)9-13(16(19)20)15(18)17-14/h5-9H,3-4H2,1-2H3,(H,17,18)(H,19,20). The van der Waals surface area contributed by atoms with E-state index in [2.05, 4.69) is 11.9 Å². The average molecular weight is 271 g/mol. The molecule has 1 aromatic heterocycles. The van der Waals surface area contributed by atoms with E-state index in [0.29, 0.717) is 12.1 Å². The van der Waals surface area contributed by atoms with Gasteiger partial charge in [0.05, 0.1) is 5.69 Å². The van der Waals surface area contributed by atoms with Crippen LogP contribution in [0.1, 0.15) is 35.3 Å². The third-order valence-electron chi connectivity index (χ3n) is 3.39. The molecule has 0 amide bonds. The van der Waals surface area contributed by atoms with Crippen LogP contribution in [0.4, 0.5) is 0 Å². The van der Waals surface area contributed by atoms with Crippen molar-refractivity contribution in [1.82, 2.24) is 4.98 Å². The summed E-state index contributed by atoms with van der Waals surface area (Å²) in [5.74, 6) is -1.20. The SMILES string of the molecule is CCc1ccc(-c2[nH]c(=O)c(C(=O)O)cc2CC)cc1. The number of rotatable bonds is 4. The highest BCUT2D eigenvalue weighted by Gasteiger charge is 2.13. The number of carboxylic acid groups (broad SMARTS) is 1. The molecule has 4 heteroatoms. The highest BCUT2D eigenvalue weighted by molar-refractivity contribution is 5.88. The largest absolute Gasteiger partial charge is 0.477 e. The molecular weight excluding hydrogens is 254 g/mol. The van der Waals surface area contributed by atoms with E-state index in [4.69, 9.17) is 5.11 Å². The van der Waals surface area contributed by atoms with Gasteiger partial charge in [-0.1, -0.05) is 38.1 Å². The van der Waals surface area contributed by atoms with Crippen LogP contribution in [0.2, 0.25) is 0 Å². The van der Waals surface area contributed by atoms with E-state index in [1.807, 2.05) is 31.2 Å². The third kappa shape index (κ3) is 2.64. The highest BCUT2D eigenvalue weighted by atomic mass is 16.4. The second kappa shape index (κ2) is 5.74. The number of aromatic carboxylic acids is 1. The maximum absolute atomic E-state index is 11.8. The van der Waals surface area contributed by atoms with Gasteiger partial charge in [-0.15, -0.1) is 0 Å². The number of benzene rings is 1. The van der Waals surface area contributed by atoms with E-state index in [9.17, 15) is 9.59 Å². The number of hydrogen-bond acceptors (Lipinski definition) is 2. The molecule has 0 unspecified atom stereocenters. The molecule has 0 radical (unpaired) electrons. The van der Waals surface area contributed by atoms with Gasteiger partial charge in [-0.2, -0.15) is 0 Å². The lowest BCUT2D eigenvalue weighted by molar-refractivity contribution is 0.0695. The molecule has 2 rings (SSSR count). The Labute approximate surface area is 117 Å². The molecule has 0 saturated carbocycles. The Morgan fingerprint density at radius 1 is 1.15 bits per heavy atom. The van der Waals surface area contributed by atoms with Crippen molar-refractivity contribution >= 4 is 5.97 Å². The first-order valence-corrected chi connectivity index (χ1v) is 6.65. The van der Waals surface area contributed by atoms with Gasteiger partial charge in [0.1, 0.15) is 5.56 Å². The zero-order valence-electron chi connectivity index (χ0n) is 11.6. The molecule has 2 aromatic rings. The van der Waals surface area contributed by atoms with Gasteiger partial charge in [-0.25, -0.2) is 4.79 Å². The summed E-state index contributed by atoms with van der Waals surface area (Å²) >= 11 is 0. The molecule has 0 saturated heterocycles. The summed E-state index contributed by atoms with van der Waals surface area (Å²) in [6, 6.07) is 9.38. The fraction of sp³-hybridized carbons (Fsp3) is 0.250. The number of nitrogens with one attached hydrogen (secondary N) is 1. The van der Waals surface area contributed by atoms with Crippen LogP contribution < -0.4 is 5.56 Å². The van der Waals surface area contributed by atoms with Gasteiger partial charge in [0, 0.05) is 0 Å². The van der Waals surface area contributed by atoms with Crippen molar-refractivity contribution < 1.29 is 9.90 Å². The van der Waals surface area contributed by atoms with Gasteiger partial charge in [-0.3, -0.25) is 4.79 Å². The third-order valence-corrected chi connectivity index (χ3v) is 3.39. The van der Waals surface area contributed by atoms with Gasteiger partial charge in [0.2, 0.25) is 0 Å². The lowest BCUT2D eigenvalue weighted by Gasteiger charge is -2.09. The molecule has 0 aliphatic rings. The first kappa shape index (κ1) is 14.1. The quantitative estimate of drug-likeness (QED) is 0.898. The lowest BCUT2D eigenvalue weighted by atomic mass is 10.0.